The van der Waals surface area contributed by atoms with Gasteiger partial charge in [0, 0.05) is 24.4 Å². The molecule has 0 spiro atoms. The molecule has 24 heavy (non-hydrogen) atoms. The largest absolute Gasteiger partial charge is 0.393 e. The van der Waals surface area contributed by atoms with Gasteiger partial charge >= 0.3 is 0 Å². The van der Waals surface area contributed by atoms with E-state index in [1.807, 2.05) is 0 Å². The zero-order valence-electron chi connectivity index (χ0n) is 13.8. The van der Waals surface area contributed by atoms with Gasteiger partial charge in [0.25, 0.3) is 0 Å². The predicted octanol–water partition coefficient (Wildman–Crippen LogP) is -1.23. The first-order valence-corrected chi connectivity index (χ1v) is 9.08. The molecule has 1 saturated heterocycles. The van der Waals surface area contributed by atoms with Crippen LogP contribution < -0.4 is 0 Å². The lowest BCUT2D eigenvalue weighted by molar-refractivity contribution is -0.171. The molecule has 0 aromatic heterocycles. The van der Waals surface area contributed by atoms with E-state index in [1.165, 1.54) is 0 Å². The minimum atomic E-state index is -0.913. The second kappa shape index (κ2) is 7.53. The van der Waals surface area contributed by atoms with Crippen LogP contribution >= 0.6 is 0 Å². The van der Waals surface area contributed by atoms with E-state index >= 15 is 0 Å². The zero-order chi connectivity index (χ0) is 17.4. The number of hydrogen-bond donors (Lipinski definition) is 6. The van der Waals surface area contributed by atoms with Crippen molar-refractivity contribution in [1.82, 2.24) is 0 Å². The Morgan fingerprint density at radius 3 is 1.42 bits per heavy atom. The fraction of sp³-hybridized carbons (Fsp3) is 1.00. The van der Waals surface area contributed by atoms with Crippen LogP contribution in [-0.2, 0) is 4.74 Å². The summed E-state index contributed by atoms with van der Waals surface area (Å²) in [5.74, 6) is -1.55. The topological polar surface area (TPSA) is 131 Å². The summed E-state index contributed by atoms with van der Waals surface area (Å²) in [6, 6.07) is 0. The van der Waals surface area contributed by atoms with Crippen LogP contribution in [-0.4, -0.2) is 80.0 Å². The van der Waals surface area contributed by atoms with Crippen molar-refractivity contribution in [3.05, 3.63) is 0 Å². The molecule has 0 bridgehead atoms. The second-order valence-electron chi connectivity index (χ2n) is 7.80. The van der Waals surface area contributed by atoms with Gasteiger partial charge < -0.3 is 35.4 Å². The molecule has 5 unspecified atom stereocenters. The van der Waals surface area contributed by atoms with Crippen LogP contribution in [0.3, 0.4) is 0 Å². The Morgan fingerprint density at radius 1 is 0.667 bits per heavy atom. The Hall–Kier alpha value is -0.280. The standard InChI is InChI=1S/C17H30O7/c18-8-4-10(20)15(11(21)5-8)17(14-2-1-3-24-14)16-12(22)6-9(19)7-13(16)23/h8-23H,1-7H2. The fourth-order valence-corrected chi connectivity index (χ4v) is 5.13. The van der Waals surface area contributed by atoms with Crippen LogP contribution in [0, 0.1) is 17.8 Å². The van der Waals surface area contributed by atoms with Crippen molar-refractivity contribution < 1.29 is 35.4 Å². The number of hydrogen-bond acceptors (Lipinski definition) is 7. The lowest BCUT2D eigenvalue weighted by atomic mass is 9.62. The number of ether oxygens (including phenoxy) is 1. The van der Waals surface area contributed by atoms with Crippen molar-refractivity contribution in [3.8, 4) is 0 Å². The molecule has 3 fully saturated rings. The highest BCUT2D eigenvalue weighted by Crippen LogP contribution is 2.45. The van der Waals surface area contributed by atoms with Crippen molar-refractivity contribution in [2.45, 2.75) is 81.3 Å². The zero-order valence-corrected chi connectivity index (χ0v) is 13.8. The predicted molar refractivity (Wildman–Crippen MR) is 84.0 cm³/mol. The SMILES string of the molecule is OC1CC(O)C(C(C2CCCO2)C2C(O)CC(O)CC2O)C(O)C1. The van der Waals surface area contributed by atoms with E-state index in [0.717, 1.165) is 12.8 Å². The molecule has 5 atom stereocenters. The van der Waals surface area contributed by atoms with Gasteiger partial charge in [-0.2, -0.15) is 0 Å². The summed E-state index contributed by atoms with van der Waals surface area (Å²) in [4.78, 5) is 0. The van der Waals surface area contributed by atoms with Gasteiger partial charge in [-0.25, -0.2) is 0 Å². The third-order valence-corrected chi connectivity index (χ3v) is 6.11. The van der Waals surface area contributed by atoms with Gasteiger partial charge in [0.1, 0.15) is 0 Å². The second-order valence-corrected chi connectivity index (χ2v) is 7.80. The molecule has 1 heterocycles. The first kappa shape index (κ1) is 18.5. The van der Waals surface area contributed by atoms with Gasteiger partial charge in [-0.15, -0.1) is 0 Å². The molecule has 2 aliphatic carbocycles. The summed E-state index contributed by atoms with van der Waals surface area (Å²) in [5.41, 5.74) is 0. The molecule has 3 aliphatic rings. The van der Waals surface area contributed by atoms with Crippen molar-refractivity contribution in [1.29, 1.82) is 0 Å². The molecule has 6 N–H and O–H groups in total. The van der Waals surface area contributed by atoms with E-state index in [1.54, 1.807) is 0 Å². The highest BCUT2D eigenvalue weighted by molar-refractivity contribution is 5.01. The summed E-state index contributed by atoms with van der Waals surface area (Å²) >= 11 is 0. The van der Waals surface area contributed by atoms with Gasteiger partial charge in [0.05, 0.1) is 42.7 Å². The van der Waals surface area contributed by atoms with E-state index < -0.39 is 54.4 Å². The maximum atomic E-state index is 10.5. The van der Waals surface area contributed by atoms with Gasteiger partial charge in [-0.05, 0) is 38.5 Å². The number of aliphatic hydroxyl groups excluding tert-OH is 6. The lowest BCUT2D eigenvalue weighted by Gasteiger charge is -2.49. The van der Waals surface area contributed by atoms with Crippen molar-refractivity contribution in [2.24, 2.45) is 17.8 Å². The van der Waals surface area contributed by atoms with Crippen LogP contribution in [0.15, 0.2) is 0 Å². The lowest BCUT2D eigenvalue weighted by Crippen LogP contribution is -2.56. The minimum absolute atomic E-state index is 0.173. The summed E-state index contributed by atoms with van der Waals surface area (Å²) < 4.78 is 5.80. The maximum Gasteiger partial charge on any atom is 0.0621 e. The Bertz CT molecular complexity index is 360. The van der Waals surface area contributed by atoms with E-state index in [0.29, 0.717) is 6.61 Å². The molecule has 0 aromatic rings. The van der Waals surface area contributed by atoms with Crippen LogP contribution in [0.4, 0.5) is 0 Å². The minimum Gasteiger partial charge on any atom is -0.393 e. The van der Waals surface area contributed by atoms with Crippen LogP contribution in [0.5, 0.6) is 0 Å². The highest BCUT2D eigenvalue weighted by atomic mass is 16.5. The molecule has 7 heteroatoms. The molecule has 3 rings (SSSR count). The van der Waals surface area contributed by atoms with Gasteiger partial charge in [-0.3, -0.25) is 0 Å². The number of aliphatic hydroxyl groups is 6. The monoisotopic (exact) mass is 346 g/mol. The van der Waals surface area contributed by atoms with Gasteiger partial charge in [0.15, 0.2) is 0 Å². The maximum absolute atomic E-state index is 10.5. The van der Waals surface area contributed by atoms with E-state index in [2.05, 4.69) is 0 Å². The summed E-state index contributed by atoms with van der Waals surface area (Å²) in [7, 11) is 0. The molecule has 140 valence electrons. The van der Waals surface area contributed by atoms with E-state index in [9.17, 15) is 30.6 Å². The normalized spacial score (nSPS) is 51.5. The van der Waals surface area contributed by atoms with Crippen molar-refractivity contribution >= 4 is 0 Å². The van der Waals surface area contributed by atoms with Crippen LogP contribution in [0.25, 0.3) is 0 Å². The van der Waals surface area contributed by atoms with Crippen LogP contribution in [0.1, 0.15) is 38.5 Å². The molecular formula is C17H30O7. The van der Waals surface area contributed by atoms with Crippen molar-refractivity contribution in [2.75, 3.05) is 6.61 Å². The Balaban J connectivity index is 1.88. The third kappa shape index (κ3) is 3.62. The molecule has 0 amide bonds. The molecule has 1 aliphatic heterocycles. The molecule has 0 radical (unpaired) electrons. The average molecular weight is 346 g/mol. The molecule has 7 nitrogen and oxygen atoms in total. The smallest absolute Gasteiger partial charge is 0.0621 e. The summed E-state index contributed by atoms with van der Waals surface area (Å²) in [6.45, 7) is 0.588. The van der Waals surface area contributed by atoms with Crippen molar-refractivity contribution in [3.63, 3.8) is 0 Å². The summed E-state index contributed by atoms with van der Waals surface area (Å²) in [5, 5.41) is 61.6. The Labute approximate surface area is 141 Å². The Kier molecular flexibility index (Phi) is 5.81. The average Bonchev–Trinajstić information content (AvgIpc) is 2.97. The molecular weight excluding hydrogens is 316 g/mol. The van der Waals surface area contributed by atoms with Gasteiger partial charge in [0.2, 0.25) is 0 Å². The fourth-order valence-electron chi connectivity index (χ4n) is 5.13. The van der Waals surface area contributed by atoms with E-state index in [-0.39, 0.29) is 31.8 Å². The van der Waals surface area contributed by atoms with Crippen LogP contribution in [0.2, 0.25) is 0 Å². The van der Waals surface area contributed by atoms with E-state index in [4.69, 9.17) is 4.74 Å². The quantitative estimate of drug-likeness (QED) is 0.377. The molecule has 0 aromatic carbocycles. The molecule has 2 saturated carbocycles. The third-order valence-electron chi connectivity index (χ3n) is 6.11. The number of rotatable bonds is 3. The summed E-state index contributed by atoms with van der Waals surface area (Å²) in [6.07, 6.45) is -3.09. The van der Waals surface area contributed by atoms with Gasteiger partial charge in [-0.1, -0.05) is 0 Å². The first-order valence-electron chi connectivity index (χ1n) is 9.08. The Morgan fingerprint density at radius 2 is 1.08 bits per heavy atom. The highest BCUT2D eigenvalue weighted by Gasteiger charge is 2.52. The first-order chi connectivity index (χ1) is 11.4.